The lowest BCUT2D eigenvalue weighted by Gasteiger charge is -2.43. The van der Waals surface area contributed by atoms with E-state index < -0.39 is 0 Å². The van der Waals surface area contributed by atoms with Gasteiger partial charge in [-0.25, -0.2) is 4.79 Å². The fourth-order valence-electron chi connectivity index (χ4n) is 4.05. The molecule has 1 saturated heterocycles. The summed E-state index contributed by atoms with van der Waals surface area (Å²) in [5, 5.41) is 3.04. The molecule has 1 heterocycles. The molecule has 0 radical (unpaired) electrons. The molecule has 0 saturated carbocycles. The van der Waals surface area contributed by atoms with Gasteiger partial charge in [0.1, 0.15) is 6.61 Å². The third-order valence-electron chi connectivity index (χ3n) is 5.49. The van der Waals surface area contributed by atoms with Crippen molar-refractivity contribution < 1.29 is 14.3 Å². The molecule has 2 amide bonds. The zero-order valence-electron chi connectivity index (χ0n) is 16.0. The second-order valence-corrected chi connectivity index (χ2v) is 7.38. The van der Waals surface area contributed by atoms with E-state index in [1.54, 1.807) is 7.11 Å². The molecule has 1 N–H and O–H groups in total. The van der Waals surface area contributed by atoms with E-state index in [9.17, 15) is 4.79 Å². The number of ether oxygens (including phenoxy) is 2. The number of allylic oxidation sites excluding steroid dienone is 2. The first-order valence-electron chi connectivity index (χ1n) is 9.57. The highest BCUT2D eigenvalue weighted by molar-refractivity contribution is 5.74. The van der Waals surface area contributed by atoms with Gasteiger partial charge < -0.3 is 19.7 Å². The fraction of sp³-hybridized carbons (Fsp3) is 0.500. The van der Waals surface area contributed by atoms with Crippen molar-refractivity contribution in [2.24, 2.45) is 5.41 Å². The third kappa shape index (κ3) is 4.77. The monoisotopic (exact) mass is 368 g/mol. The Morgan fingerprint density at radius 1 is 1.33 bits per heavy atom. The molecule has 1 aliphatic heterocycles. The Labute approximate surface area is 161 Å². The summed E-state index contributed by atoms with van der Waals surface area (Å²) < 4.78 is 10.8. The van der Waals surface area contributed by atoms with E-state index in [0.29, 0.717) is 18.0 Å². The maximum atomic E-state index is 12.7. The van der Waals surface area contributed by atoms with Crippen LogP contribution in [0.2, 0.25) is 0 Å². The van der Waals surface area contributed by atoms with Gasteiger partial charge in [0.25, 0.3) is 0 Å². The summed E-state index contributed by atoms with van der Waals surface area (Å²) in [6.45, 7) is 2.30. The van der Waals surface area contributed by atoms with E-state index in [1.165, 1.54) is 12.8 Å². The van der Waals surface area contributed by atoms with Crippen molar-refractivity contribution >= 4 is 6.03 Å². The van der Waals surface area contributed by atoms with Crippen molar-refractivity contribution in [1.82, 2.24) is 10.2 Å². The predicted octanol–water partition coefficient (Wildman–Crippen LogP) is 3.74. The van der Waals surface area contributed by atoms with Gasteiger partial charge in [0.2, 0.25) is 0 Å². The molecule has 2 aliphatic rings. The van der Waals surface area contributed by atoms with E-state index in [-0.39, 0.29) is 18.1 Å². The fourth-order valence-corrected chi connectivity index (χ4v) is 4.05. The first-order chi connectivity index (χ1) is 13.2. The standard InChI is InChI=1S/C22H28N2O3/c1-3-14-27-20-15-18(8-9-19(20)26-2)16-23-21(25)24-13-7-12-22(17-24)10-5-4-6-11-22/h1,4-5,8-9,15H,6-7,10-14,16-17H2,2H3,(H,23,25). The Morgan fingerprint density at radius 2 is 2.22 bits per heavy atom. The van der Waals surface area contributed by atoms with Gasteiger partial charge >= 0.3 is 6.03 Å². The Balaban J connectivity index is 1.58. The van der Waals surface area contributed by atoms with Crippen LogP contribution in [-0.2, 0) is 6.54 Å². The average molecular weight is 368 g/mol. The van der Waals surface area contributed by atoms with E-state index in [4.69, 9.17) is 15.9 Å². The van der Waals surface area contributed by atoms with Gasteiger partial charge in [-0.1, -0.05) is 24.1 Å². The molecular formula is C22H28N2O3. The second kappa shape index (κ2) is 8.85. The highest BCUT2D eigenvalue weighted by Gasteiger charge is 2.36. The van der Waals surface area contributed by atoms with Crippen LogP contribution in [0.3, 0.4) is 0 Å². The normalized spacial score (nSPS) is 21.6. The van der Waals surface area contributed by atoms with E-state index >= 15 is 0 Å². The number of carbonyl (C=O) groups is 1. The number of amides is 2. The number of rotatable bonds is 5. The van der Waals surface area contributed by atoms with E-state index in [0.717, 1.165) is 37.9 Å². The zero-order chi connectivity index (χ0) is 19.1. The summed E-state index contributed by atoms with van der Waals surface area (Å²) in [6.07, 6.45) is 15.5. The summed E-state index contributed by atoms with van der Waals surface area (Å²) in [7, 11) is 1.59. The number of urea groups is 1. The minimum atomic E-state index is 0.00513. The van der Waals surface area contributed by atoms with Gasteiger partial charge in [0, 0.05) is 19.6 Å². The van der Waals surface area contributed by atoms with Crippen LogP contribution in [0.25, 0.3) is 0 Å². The number of nitrogens with zero attached hydrogens (tertiary/aromatic N) is 1. The van der Waals surface area contributed by atoms with Crippen LogP contribution >= 0.6 is 0 Å². The molecular weight excluding hydrogens is 340 g/mol. The molecule has 1 fully saturated rings. The number of likely N-dealkylation sites (tertiary alicyclic amines) is 1. The summed E-state index contributed by atoms with van der Waals surface area (Å²) in [5.41, 5.74) is 1.23. The van der Waals surface area contributed by atoms with Gasteiger partial charge in [0.15, 0.2) is 11.5 Å². The molecule has 5 heteroatoms. The lowest BCUT2D eigenvalue weighted by atomic mass is 9.71. The molecule has 1 aromatic carbocycles. The van der Waals surface area contributed by atoms with Gasteiger partial charge in [-0.15, -0.1) is 6.42 Å². The molecule has 0 bridgehead atoms. The highest BCUT2D eigenvalue weighted by Crippen LogP contribution is 2.40. The second-order valence-electron chi connectivity index (χ2n) is 7.38. The van der Waals surface area contributed by atoms with Crippen LogP contribution in [0.15, 0.2) is 30.4 Å². The number of terminal acetylenes is 1. The van der Waals surface area contributed by atoms with Crippen LogP contribution in [0.4, 0.5) is 4.79 Å². The van der Waals surface area contributed by atoms with Gasteiger partial charge in [-0.3, -0.25) is 0 Å². The lowest BCUT2D eigenvalue weighted by Crippen LogP contribution is -2.49. The van der Waals surface area contributed by atoms with Crippen molar-refractivity contribution in [3.63, 3.8) is 0 Å². The summed E-state index contributed by atoms with van der Waals surface area (Å²) in [6, 6.07) is 5.62. The molecule has 144 valence electrons. The number of carbonyl (C=O) groups excluding carboxylic acids is 1. The van der Waals surface area contributed by atoms with Crippen LogP contribution in [0.1, 0.15) is 37.7 Å². The number of nitrogens with one attached hydrogen (secondary N) is 1. The van der Waals surface area contributed by atoms with Crippen molar-refractivity contribution in [1.29, 1.82) is 0 Å². The maximum absolute atomic E-state index is 12.7. The van der Waals surface area contributed by atoms with Gasteiger partial charge in [-0.05, 0) is 55.2 Å². The first-order valence-corrected chi connectivity index (χ1v) is 9.57. The Kier molecular flexibility index (Phi) is 6.28. The SMILES string of the molecule is C#CCOc1cc(CNC(=O)N2CCCC3(CC=CCC3)C2)ccc1OC. The van der Waals surface area contributed by atoms with Crippen molar-refractivity contribution in [2.45, 2.75) is 38.6 Å². The molecule has 3 rings (SSSR count). The molecule has 5 nitrogen and oxygen atoms in total. The summed E-state index contributed by atoms with van der Waals surface area (Å²) in [5.74, 6) is 3.67. The Bertz CT molecular complexity index is 738. The van der Waals surface area contributed by atoms with Crippen molar-refractivity contribution in [3.05, 3.63) is 35.9 Å². The number of piperidine rings is 1. The van der Waals surface area contributed by atoms with Crippen LogP contribution in [0, 0.1) is 17.8 Å². The average Bonchev–Trinajstić information content (AvgIpc) is 2.71. The number of benzene rings is 1. The van der Waals surface area contributed by atoms with Crippen LogP contribution in [0.5, 0.6) is 11.5 Å². The molecule has 27 heavy (non-hydrogen) atoms. The molecule has 1 atom stereocenters. The number of hydrogen-bond acceptors (Lipinski definition) is 3. The van der Waals surface area contributed by atoms with E-state index in [1.807, 2.05) is 23.1 Å². The van der Waals surface area contributed by atoms with Crippen LogP contribution in [-0.4, -0.2) is 37.7 Å². The van der Waals surface area contributed by atoms with E-state index in [2.05, 4.69) is 23.4 Å². The quantitative estimate of drug-likeness (QED) is 0.636. The van der Waals surface area contributed by atoms with Crippen molar-refractivity contribution in [2.75, 3.05) is 26.8 Å². The molecule has 1 aliphatic carbocycles. The van der Waals surface area contributed by atoms with Crippen molar-refractivity contribution in [3.8, 4) is 23.8 Å². The summed E-state index contributed by atoms with van der Waals surface area (Å²) in [4.78, 5) is 14.7. The lowest BCUT2D eigenvalue weighted by molar-refractivity contribution is 0.0958. The highest BCUT2D eigenvalue weighted by atomic mass is 16.5. The molecule has 0 aromatic heterocycles. The molecule has 1 spiro atoms. The number of hydrogen-bond donors (Lipinski definition) is 1. The minimum absolute atomic E-state index is 0.00513. The summed E-state index contributed by atoms with van der Waals surface area (Å²) >= 11 is 0. The van der Waals surface area contributed by atoms with Crippen LogP contribution < -0.4 is 14.8 Å². The maximum Gasteiger partial charge on any atom is 0.317 e. The molecule has 1 aromatic rings. The Hall–Kier alpha value is -2.61. The van der Waals surface area contributed by atoms with Gasteiger partial charge in [-0.2, -0.15) is 0 Å². The zero-order valence-corrected chi connectivity index (χ0v) is 16.0. The largest absolute Gasteiger partial charge is 0.493 e. The van der Waals surface area contributed by atoms with Gasteiger partial charge in [0.05, 0.1) is 7.11 Å². The first kappa shape index (κ1) is 19.2. The Morgan fingerprint density at radius 3 is 2.96 bits per heavy atom. The predicted molar refractivity (Wildman–Crippen MR) is 106 cm³/mol. The minimum Gasteiger partial charge on any atom is -0.493 e. The third-order valence-corrected chi connectivity index (χ3v) is 5.49. The molecule has 1 unspecified atom stereocenters. The topological polar surface area (TPSA) is 50.8 Å². The number of methoxy groups -OCH3 is 1. The smallest absolute Gasteiger partial charge is 0.317 e.